The van der Waals surface area contributed by atoms with Crippen LogP contribution in [-0.2, 0) is 26.2 Å². The molecule has 4 aliphatic rings. The molecule has 1 amide bonds. The number of hydrogen-bond donors (Lipinski definition) is 4. The molecule has 8 heteroatoms. The first-order chi connectivity index (χ1) is 15.2. The van der Waals surface area contributed by atoms with Gasteiger partial charge in [0.2, 0.25) is 5.91 Å². The van der Waals surface area contributed by atoms with Gasteiger partial charge in [0, 0.05) is 12.1 Å². The summed E-state index contributed by atoms with van der Waals surface area (Å²) < 4.78 is 11.9. The maximum absolute atomic E-state index is 12.5. The number of phenolic OH excluding ortho intramolecular Hbond substituents is 1. The third-order valence-electron chi connectivity index (χ3n) is 7.97. The average Bonchev–Trinajstić information content (AvgIpc) is 3.10. The lowest BCUT2D eigenvalue weighted by molar-refractivity contribution is -0.170. The lowest BCUT2D eigenvalue weighted by Crippen LogP contribution is -2.69. The predicted molar refractivity (Wildman–Crippen MR) is 113 cm³/mol. The summed E-state index contributed by atoms with van der Waals surface area (Å²) in [7, 11) is 0. The van der Waals surface area contributed by atoms with Crippen LogP contribution in [0.4, 0.5) is 0 Å². The van der Waals surface area contributed by atoms with Gasteiger partial charge in [-0.05, 0) is 62.1 Å². The number of rotatable bonds is 5. The normalized spacial score (nSPS) is 34.6. The van der Waals surface area contributed by atoms with Crippen LogP contribution in [0.15, 0.2) is 24.0 Å². The predicted octanol–water partition coefficient (Wildman–Crippen LogP) is 1.44. The zero-order valence-electron chi connectivity index (χ0n) is 18.3. The fraction of sp³-hybridized carbons (Fsp3) is 0.583. The van der Waals surface area contributed by atoms with Gasteiger partial charge >= 0.3 is 5.97 Å². The Morgan fingerprint density at radius 2 is 2.16 bits per heavy atom. The minimum Gasteiger partial charge on any atom is -0.504 e. The van der Waals surface area contributed by atoms with Gasteiger partial charge in [-0.3, -0.25) is 9.59 Å². The summed E-state index contributed by atoms with van der Waals surface area (Å²) in [6.45, 7) is 3.57. The summed E-state index contributed by atoms with van der Waals surface area (Å²) in [5.41, 5.74) is 0.133. The maximum atomic E-state index is 12.5. The zero-order chi connectivity index (χ0) is 22.8. The molecular weight excluding hydrogens is 414 g/mol. The molecule has 1 saturated carbocycles. The zero-order valence-corrected chi connectivity index (χ0v) is 18.3. The number of phenols is 1. The average molecular weight is 443 g/mol. The molecule has 8 nitrogen and oxygen atoms in total. The van der Waals surface area contributed by atoms with E-state index in [1.54, 1.807) is 12.1 Å². The van der Waals surface area contributed by atoms with Crippen LogP contribution in [0.3, 0.4) is 0 Å². The van der Waals surface area contributed by atoms with Crippen molar-refractivity contribution >= 4 is 11.9 Å². The van der Waals surface area contributed by atoms with E-state index in [1.165, 1.54) is 6.92 Å². The second-order valence-corrected chi connectivity index (χ2v) is 9.67. The van der Waals surface area contributed by atoms with Crippen molar-refractivity contribution in [3.05, 3.63) is 35.1 Å². The van der Waals surface area contributed by atoms with Gasteiger partial charge in [0.25, 0.3) is 0 Å². The number of ether oxygens (including phenoxy) is 2. The van der Waals surface area contributed by atoms with Crippen molar-refractivity contribution in [1.29, 1.82) is 0 Å². The molecule has 1 aromatic carbocycles. The molecule has 1 aliphatic heterocycles. The third kappa shape index (κ3) is 2.75. The Morgan fingerprint density at radius 1 is 1.38 bits per heavy atom. The molecule has 32 heavy (non-hydrogen) atoms. The fourth-order valence-electron chi connectivity index (χ4n) is 6.43. The highest BCUT2D eigenvalue weighted by Crippen LogP contribution is 2.68. The lowest BCUT2D eigenvalue weighted by Gasteiger charge is -2.61. The van der Waals surface area contributed by atoms with E-state index >= 15 is 0 Å². The molecular formula is C24H29NO7. The summed E-state index contributed by atoms with van der Waals surface area (Å²) in [6.07, 6.45) is 2.49. The SMILES string of the molecule is CC1CC[C@]23c4c5ccc(O)c4O[C@H]2C(OC(=O)CCNC(=O)[C@H](C)O)=CC[C@@]3(O)[C@H]1C5. The monoisotopic (exact) mass is 443 g/mol. The van der Waals surface area contributed by atoms with Crippen molar-refractivity contribution in [2.45, 2.75) is 69.2 Å². The molecule has 0 aromatic heterocycles. The second kappa shape index (κ2) is 7.22. The van der Waals surface area contributed by atoms with E-state index in [9.17, 15) is 24.9 Å². The maximum Gasteiger partial charge on any atom is 0.312 e. The number of hydrogen-bond acceptors (Lipinski definition) is 7. The van der Waals surface area contributed by atoms with E-state index in [2.05, 4.69) is 12.2 Å². The first kappa shape index (κ1) is 21.3. The highest BCUT2D eigenvalue weighted by Gasteiger charge is 2.71. The van der Waals surface area contributed by atoms with Crippen LogP contribution >= 0.6 is 0 Å². The molecule has 5 rings (SSSR count). The highest BCUT2D eigenvalue weighted by atomic mass is 16.6. The number of amides is 1. The van der Waals surface area contributed by atoms with Crippen LogP contribution < -0.4 is 10.1 Å². The summed E-state index contributed by atoms with van der Waals surface area (Å²) in [5, 5.41) is 34.3. The Morgan fingerprint density at radius 3 is 2.91 bits per heavy atom. The molecule has 1 aromatic rings. The van der Waals surface area contributed by atoms with E-state index in [-0.39, 0.29) is 24.6 Å². The van der Waals surface area contributed by atoms with Gasteiger partial charge in [-0.15, -0.1) is 0 Å². The number of esters is 1. The molecule has 4 N–H and O–H groups in total. The molecule has 1 heterocycles. The van der Waals surface area contributed by atoms with Gasteiger partial charge in [-0.25, -0.2) is 0 Å². The quantitative estimate of drug-likeness (QED) is 0.508. The second-order valence-electron chi connectivity index (χ2n) is 9.67. The summed E-state index contributed by atoms with van der Waals surface area (Å²) in [5.74, 6) is 0.0517. The van der Waals surface area contributed by atoms with E-state index < -0.39 is 35.1 Å². The first-order valence-corrected chi connectivity index (χ1v) is 11.3. The van der Waals surface area contributed by atoms with Gasteiger partial charge in [-0.1, -0.05) is 13.0 Å². The van der Waals surface area contributed by atoms with Crippen molar-refractivity contribution < 1.29 is 34.4 Å². The highest BCUT2D eigenvalue weighted by molar-refractivity contribution is 5.80. The van der Waals surface area contributed by atoms with E-state index in [0.717, 1.165) is 24.0 Å². The van der Waals surface area contributed by atoms with Crippen molar-refractivity contribution in [3.8, 4) is 11.5 Å². The number of aliphatic hydroxyl groups is 2. The van der Waals surface area contributed by atoms with Crippen molar-refractivity contribution in [2.75, 3.05) is 6.54 Å². The summed E-state index contributed by atoms with van der Waals surface area (Å²) in [4.78, 5) is 24.0. The Labute approximate surface area is 186 Å². The Hall–Kier alpha value is -2.58. The number of benzene rings is 1. The minimum atomic E-state index is -1.15. The summed E-state index contributed by atoms with van der Waals surface area (Å²) in [6, 6.07) is 3.55. The molecule has 2 bridgehead atoms. The Balaban J connectivity index is 1.45. The largest absolute Gasteiger partial charge is 0.504 e. The van der Waals surface area contributed by atoms with E-state index in [1.807, 2.05) is 6.07 Å². The molecule has 1 fully saturated rings. The van der Waals surface area contributed by atoms with Crippen molar-refractivity contribution in [3.63, 3.8) is 0 Å². The van der Waals surface area contributed by atoms with Crippen LogP contribution in [0.1, 0.15) is 50.7 Å². The number of carbonyl (C=O) groups is 2. The van der Waals surface area contributed by atoms with Gasteiger partial charge in [-0.2, -0.15) is 0 Å². The van der Waals surface area contributed by atoms with Crippen LogP contribution in [0.5, 0.6) is 11.5 Å². The molecule has 3 aliphatic carbocycles. The first-order valence-electron chi connectivity index (χ1n) is 11.3. The fourth-order valence-corrected chi connectivity index (χ4v) is 6.43. The third-order valence-corrected chi connectivity index (χ3v) is 7.97. The van der Waals surface area contributed by atoms with Crippen molar-refractivity contribution in [2.24, 2.45) is 11.8 Å². The molecule has 1 spiro atoms. The van der Waals surface area contributed by atoms with Crippen LogP contribution in [0.2, 0.25) is 0 Å². The standard InChI is InChI=1S/C24H29NO7/c1-12-5-8-23-19-14-3-4-16(27)20(19)32-21(23)17(6-9-24(23,30)15(12)11-14)31-18(28)7-10-25-22(29)13(2)26/h3-4,6,12-13,15,21,26-27,30H,5,7-11H2,1-2H3,(H,25,29)/t12?,13-,15-,21-,23-,24+/m0/s1. The van der Waals surface area contributed by atoms with Gasteiger partial charge in [0.1, 0.15) is 11.9 Å². The number of nitrogens with one attached hydrogen (secondary N) is 1. The molecule has 0 radical (unpaired) electrons. The van der Waals surface area contributed by atoms with E-state index in [4.69, 9.17) is 9.47 Å². The van der Waals surface area contributed by atoms with Crippen LogP contribution in [0.25, 0.3) is 0 Å². The molecule has 172 valence electrons. The molecule has 6 atom stereocenters. The van der Waals surface area contributed by atoms with Gasteiger partial charge < -0.3 is 30.1 Å². The van der Waals surface area contributed by atoms with Gasteiger partial charge in [0.15, 0.2) is 17.6 Å². The molecule has 0 saturated heterocycles. The van der Waals surface area contributed by atoms with Crippen LogP contribution in [-0.4, -0.2) is 51.5 Å². The number of aromatic hydroxyl groups is 1. The minimum absolute atomic E-state index is 0.0264. The lowest BCUT2D eigenvalue weighted by atomic mass is 9.45. The smallest absolute Gasteiger partial charge is 0.312 e. The Bertz CT molecular complexity index is 1020. The van der Waals surface area contributed by atoms with Crippen molar-refractivity contribution in [1.82, 2.24) is 5.32 Å². The summed E-state index contributed by atoms with van der Waals surface area (Å²) >= 11 is 0. The topological polar surface area (TPSA) is 125 Å². The number of carbonyl (C=O) groups excluding carboxylic acids is 2. The molecule has 1 unspecified atom stereocenters. The van der Waals surface area contributed by atoms with E-state index in [0.29, 0.717) is 30.3 Å². The van der Waals surface area contributed by atoms with Crippen LogP contribution in [0, 0.1) is 11.8 Å². The van der Waals surface area contributed by atoms with Gasteiger partial charge in [0.05, 0.1) is 17.4 Å². The Kier molecular flexibility index (Phi) is 4.80. The number of aliphatic hydroxyl groups excluding tert-OH is 1.